The number of carbonyl (C=O) groups is 11. The number of fused-ring (bicyclic) bond motifs is 5. The number of alkyl halides is 6. The van der Waals surface area contributed by atoms with Gasteiger partial charge in [-0.2, -0.15) is 0 Å². The molecule has 4 unspecified atom stereocenters. The van der Waals surface area contributed by atoms with Crippen molar-refractivity contribution in [2.45, 2.75) is 142 Å². The molecule has 3 aliphatic heterocycles. The second-order valence-electron chi connectivity index (χ2n) is 31.6. The van der Waals surface area contributed by atoms with Gasteiger partial charge in [0.25, 0.3) is 0 Å². The Bertz CT molecular complexity index is 2800. The van der Waals surface area contributed by atoms with Crippen molar-refractivity contribution in [3.63, 3.8) is 0 Å². The Morgan fingerprint density at radius 1 is 0.302 bits per heavy atom. The molecule has 0 aliphatic carbocycles. The van der Waals surface area contributed by atoms with Gasteiger partial charge in [-0.1, -0.05) is 108 Å². The molecule has 0 aromatic rings. The van der Waals surface area contributed by atoms with Crippen LogP contribution in [0.3, 0.4) is 0 Å². The van der Waals surface area contributed by atoms with E-state index >= 15 is 0 Å². The van der Waals surface area contributed by atoms with Gasteiger partial charge in [-0.25, -0.2) is 0 Å². The number of nitrogens with zero attached hydrogens (tertiary/aromatic N) is 1. The molecule has 0 aromatic carbocycles. The largest absolute Gasteiger partial charge is 0.463 e. The second-order valence-corrected chi connectivity index (χ2v) is 43.5. The fourth-order valence-electron chi connectivity index (χ4n) is 10.1. The van der Waals surface area contributed by atoms with E-state index in [0.29, 0.717) is 106 Å². The van der Waals surface area contributed by atoms with Crippen molar-refractivity contribution >= 4 is 161 Å². The SMILES string of the molecule is CC(C)(Br)C(=O)OCC(C)(COC(=O)C(C)(C)Br)C(=O)NCC(CNC(=O)C(C)(COC(=O)C(C)(C)Br)COC(=O)C(C)(C)Br)(CNC(=O)C(C)(COC(=O)C(C)(C)Br)COC(=O)C(C)(C)Br)COCCOCCOCCOCCOCCOCCOCCOCCOCCOCCOCCOCCN1C(=O)C2C3C=CC(O3)C2C1=O. The van der Waals surface area contributed by atoms with Crippen LogP contribution in [0.4, 0.5) is 0 Å². The molecule has 34 nitrogen and oxygen atoms in total. The molecule has 3 rings (SSSR count). The molecule has 668 valence electrons. The van der Waals surface area contributed by atoms with E-state index in [2.05, 4.69) is 112 Å². The Kier molecular flexibility index (Phi) is 47.4. The standard InChI is InChI=1S/C76H122Br6N4O30/c1-67(2,77)61(92)110-45-73(13,46-111-62(93)68(3,4)78)58(89)83-42-76(43-84-59(90)74(14,47-112-63(94)69(5,6)79)48-113-64(95)70(7,8)80,44-85-60(91)75(15,49-114-65(96)71(9,10)81)50-115-66(97)72(11,12)82)51-109-41-40-108-39-38-107-37-36-106-35-34-105-33-32-104-31-30-103-29-28-102-27-26-101-25-24-100-23-22-99-21-20-98-19-18-86-56(87)54-52-16-17-53(116-52)55(54)57(86)88/h16-17,52-55H,18-51H2,1-15H3,(H,83,89)(H,84,90)(H,85,91). The number of halogens is 6. The number of esters is 6. The molecule has 4 atom stereocenters. The molecule has 3 aliphatic rings. The van der Waals surface area contributed by atoms with E-state index in [0.717, 1.165) is 0 Å². The Hall–Kier alpha value is -3.53. The first-order valence-corrected chi connectivity index (χ1v) is 42.9. The van der Waals surface area contributed by atoms with Crippen LogP contribution in [0.1, 0.15) is 104 Å². The van der Waals surface area contributed by atoms with Crippen LogP contribution < -0.4 is 16.0 Å². The lowest BCUT2D eigenvalue weighted by atomic mass is 9.84. The average Bonchev–Trinajstić information content (AvgIpc) is 1.57. The fraction of sp³-hybridized carbons (Fsp3) is 0.829. The van der Waals surface area contributed by atoms with E-state index in [1.807, 2.05) is 12.2 Å². The first-order valence-electron chi connectivity index (χ1n) is 38.2. The van der Waals surface area contributed by atoms with E-state index in [4.69, 9.17) is 90.0 Å². The number of amides is 5. The predicted molar refractivity (Wildman–Crippen MR) is 441 cm³/mol. The zero-order valence-corrected chi connectivity index (χ0v) is 79.0. The van der Waals surface area contributed by atoms with Gasteiger partial charge in [0.1, 0.15) is 81.8 Å². The molecule has 2 bridgehead atoms. The molecule has 2 fully saturated rings. The smallest absolute Gasteiger partial charge is 0.322 e. The molecule has 5 amide bonds. The van der Waals surface area contributed by atoms with Crippen LogP contribution >= 0.6 is 95.6 Å². The summed E-state index contributed by atoms with van der Waals surface area (Å²) < 4.78 is 100. The van der Waals surface area contributed by atoms with Crippen molar-refractivity contribution < 1.29 is 143 Å². The molecule has 0 radical (unpaired) electrons. The van der Waals surface area contributed by atoms with Gasteiger partial charge < -0.3 is 106 Å². The number of hydrogen-bond acceptors (Lipinski definition) is 30. The normalized spacial score (nSPS) is 16.8. The van der Waals surface area contributed by atoms with Crippen molar-refractivity contribution in [2.75, 3.05) is 224 Å². The van der Waals surface area contributed by atoms with E-state index in [1.165, 1.54) is 109 Å². The maximum absolute atomic E-state index is 14.9. The summed E-state index contributed by atoms with van der Waals surface area (Å²) in [7, 11) is 0. The minimum absolute atomic E-state index is 0.0233. The Morgan fingerprint density at radius 3 is 0.672 bits per heavy atom. The first kappa shape index (κ1) is 107. The lowest BCUT2D eigenvalue weighted by Crippen LogP contribution is -2.59. The van der Waals surface area contributed by atoms with Gasteiger partial charge in [-0.3, -0.25) is 57.6 Å². The summed E-state index contributed by atoms with van der Waals surface area (Å²) in [5.74, 6) is -8.27. The summed E-state index contributed by atoms with van der Waals surface area (Å²) in [5, 5.41) is 8.57. The topological polar surface area (TPSA) is 402 Å². The Morgan fingerprint density at radius 2 is 0.483 bits per heavy atom. The maximum Gasteiger partial charge on any atom is 0.322 e. The lowest BCUT2D eigenvalue weighted by Gasteiger charge is -2.38. The molecular weight excluding hydrogens is 1930 g/mol. The summed E-state index contributed by atoms with van der Waals surface area (Å²) in [6.45, 7) is 24.0. The highest BCUT2D eigenvalue weighted by atomic mass is 79.9. The van der Waals surface area contributed by atoms with Crippen molar-refractivity contribution in [1.29, 1.82) is 0 Å². The number of hydrogen-bond donors (Lipinski definition) is 3. The average molecular weight is 2050 g/mol. The van der Waals surface area contributed by atoms with Gasteiger partial charge in [0.15, 0.2) is 0 Å². The van der Waals surface area contributed by atoms with Crippen molar-refractivity contribution in [1.82, 2.24) is 20.9 Å². The highest BCUT2D eigenvalue weighted by Gasteiger charge is 2.60. The third-order valence-electron chi connectivity index (χ3n) is 17.5. The zero-order valence-electron chi connectivity index (χ0n) is 69.5. The van der Waals surface area contributed by atoms with Gasteiger partial charge in [0.05, 0.1) is 189 Å². The molecular formula is C76H122Br6N4O30. The van der Waals surface area contributed by atoms with Crippen LogP contribution in [0, 0.1) is 33.5 Å². The Labute approximate surface area is 731 Å². The van der Waals surface area contributed by atoms with Crippen LogP contribution in [0.5, 0.6) is 0 Å². The highest BCUT2D eigenvalue weighted by molar-refractivity contribution is 9.11. The molecule has 2 saturated heterocycles. The quantitative estimate of drug-likeness (QED) is 0.0162. The van der Waals surface area contributed by atoms with Gasteiger partial charge in [-0.15, -0.1) is 0 Å². The summed E-state index contributed by atoms with van der Waals surface area (Å²) >= 11 is 19.7. The van der Waals surface area contributed by atoms with Crippen LogP contribution in [-0.4, -0.2) is 333 Å². The van der Waals surface area contributed by atoms with Gasteiger partial charge in [0, 0.05) is 25.0 Å². The summed E-state index contributed by atoms with van der Waals surface area (Å²) in [4.78, 5) is 151. The van der Waals surface area contributed by atoms with Crippen LogP contribution in [0.15, 0.2) is 12.2 Å². The highest BCUT2D eigenvalue weighted by Crippen LogP contribution is 2.45. The molecule has 3 N–H and O–H groups in total. The summed E-state index contributed by atoms with van der Waals surface area (Å²) in [6, 6.07) is 0. The van der Waals surface area contributed by atoms with E-state index < -0.39 is 179 Å². The molecule has 3 heterocycles. The summed E-state index contributed by atoms with van der Waals surface area (Å²) in [5.41, 5.74) is -7.11. The van der Waals surface area contributed by atoms with E-state index in [9.17, 15) is 52.7 Å². The van der Waals surface area contributed by atoms with Crippen molar-refractivity contribution in [3.05, 3.63) is 12.2 Å². The van der Waals surface area contributed by atoms with Gasteiger partial charge >= 0.3 is 35.8 Å². The molecule has 0 spiro atoms. The third-order valence-corrected chi connectivity index (χ3v) is 19.5. The van der Waals surface area contributed by atoms with Crippen molar-refractivity contribution in [3.8, 4) is 0 Å². The van der Waals surface area contributed by atoms with Crippen LogP contribution in [0.25, 0.3) is 0 Å². The fourth-order valence-corrected chi connectivity index (χ4v) is 10.8. The number of carbonyl (C=O) groups excluding carboxylic acids is 11. The third kappa shape index (κ3) is 39.8. The number of likely N-dealkylation sites (tertiary alicyclic amines) is 1. The molecule has 116 heavy (non-hydrogen) atoms. The zero-order chi connectivity index (χ0) is 87.2. The first-order chi connectivity index (χ1) is 54.0. The number of nitrogens with one attached hydrogen (secondary N) is 3. The predicted octanol–water partition coefficient (Wildman–Crippen LogP) is 5.78. The Balaban J connectivity index is 1.53. The van der Waals surface area contributed by atoms with E-state index in [-0.39, 0.29) is 76.8 Å². The second kappa shape index (κ2) is 51.5. The van der Waals surface area contributed by atoms with E-state index in [1.54, 1.807) is 0 Å². The van der Waals surface area contributed by atoms with Crippen LogP contribution in [-0.2, 0) is 143 Å². The maximum atomic E-state index is 14.9. The van der Waals surface area contributed by atoms with Crippen LogP contribution in [0.2, 0.25) is 0 Å². The molecule has 0 saturated carbocycles. The van der Waals surface area contributed by atoms with Crippen molar-refractivity contribution in [2.24, 2.45) is 33.5 Å². The molecule has 0 aromatic heterocycles. The minimum atomic E-state index is -1.82. The molecule has 40 heteroatoms. The number of imide groups is 1. The number of ether oxygens (including phenoxy) is 19. The monoisotopic (exact) mass is 2040 g/mol. The minimum Gasteiger partial charge on any atom is -0.463 e. The summed E-state index contributed by atoms with van der Waals surface area (Å²) in [6.07, 6.45) is 3.12. The number of rotatable bonds is 65. The lowest BCUT2D eigenvalue weighted by molar-refractivity contribution is -0.161. The van der Waals surface area contributed by atoms with Gasteiger partial charge in [0.2, 0.25) is 29.5 Å². The van der Waals surface area contributed by atoms with Gasteiger partial charge in [-0.05, 0) is 104 Å².